The van der Waals surface area contributed by atoms with E-state index in [0.29, 0.717) is 5.82 Å². The quantitative estimate of drug-likeness (QED) is 0.341. The summed E-state index contributed by atoms with van der Waals surface area (Å²) in [6, 6.07) is -2.69. The third-order valence-electron chi connectivity index (χ3n) is 3.78. The minimum Gasteiger partial charge on any atom is -0.480 e. The van der Waals surface area contributed by atoms with Crippen molar-refractivity contribution in [3.63, 3.8) is 0 Å². The van der Waals surface area contributed by atoms with Gasteiger partial charge in [0.05, 0.1) is 12.5 Å². The molecule has 0 spiro atoms. The van der Waals surface area contributed by atoms with Crippen LogP contribution in [0.2, 0.25) is 0 Å². The fourth-order valence-electron chi connectivity index (χ4n) is 2.49. The lowest BCUT2D eigenvalue weighted by Crippen LogP contribution is -2.46. The SMILES string of the molecule is C[C@H](NS(=O)(=O)N[C@@H](CC(N)=O)c1nc([C@H]2CCCCN2)no1)C(=O)O. The summed E-state index contributed by atoms with van der Waals surface area (Å²) in [5.74, 6) is -1.91. The van der Waals surface area contributed by atoms with E-state index < -0.39 is 40.6 Å². The number of nitrogens with two attached hydrogens (primary N) is 1. The maximum atomic E-state index is 12.1. The minimum atomic E-state index is -4.27. The highest BCUT2D eigenvalue weighted by atomic mass is 32.2. The van der Waals surface area contributed by atoms with Crippen LogP contribution in [0.4, 0.5) is 0 Å². The predicted octanol–water partition coefficient (Wildman–Crippen LogP) is -1.30. The third kappa shape index (κ3) is 5.72. The van der Waals surface area contributed by atoms with Crippen molar-refractivity contribution in [2.45, 2.75) is 50.7 Å². The summed E-state index contributed by atoms with van der Waals surface area (Å²) >= 11 is 0. The van der Waals surface area contributed by atoms with Crippen LogP contribution in [0.1, 0.15) is 56.4 Å². The first-order chi connectivity index (χ1) is 12.2. The second-order valence-electron chi connectivity index (χ2n) is 6.02. The molecule has 146 valence electrons. The van der Waals surface area contributed by atoms with Crippen molar-refractivity contribution in [2.24, 2.45) is 5.73 Å². The highest BCUT2D eigenvalue weighted by Gasteiger charge is 2.30. The molecule has 0 aliphatic carbocycles. The minimum absolute atomic E-state index is 0.114. The molecule has 0 unspecified atom stereocenters. The van der Waals surface area contributed by atoms with Gasteiger partial charge in [0.15, 0.2) is 5.82 Å². The molecule has 0 radical (unpaired) electrons. The van der Waals surface area contributed by atoms with Gasteiger partial charge >= 0.3 is 5.97 Å². The van der Waals surface area contributed by atoms with Crippen LogP contribution in [-0.4, -0.2) is 48.1 Å². The third-order valence-corrected chi connectivity index (χ3v) is 5.04. The smallest absolute Gasteiger partial charge is 0.321 e. The van der Waals surface area contributed by atoms with Crippen LogP contribution in [-0.2, 0) is 19.8 Å². The van der Waals surface area contributed by atoms with E-state index in [4.69, 9.17) is 15.4 Å². The molecule has 2 rings (SSSR count). The van der Waals surface area contributed by atoms with Gasteiger partial charge in [-0.1, -0.05) is 11.6 Å². The number of aliphatic carboxylic acids is 1. The number of rotatable bonds is 9. The summed E-state index contributed by atoms with van der Waals surface area (Å²) in [5.41, 5.74) is 5.16. The molecule has 1 aliphatic rings. The Labute approximate surface area is 150 Å². The number of amides is 1. The number of carboxylic acids is 1. The molecule has 1 aromatic heterocycles. The summed E-state index contributed by atoms with van der Waals surface area (Å²) in [5, 5.41) is 15.9. The lowest BCUT2D eigenvalue weighted by molar-refractivity contribution is -0.138. The van der Waals surface area contributed by atoms with Gasteiger partial charge in [-0.15, -0.1) is 0 Å². The van der Waals surface area contributed by atoms with Crippen molar-refractivity contribution in [2.75, 3.05) is 6.54 Å². The highest BCUT2D eigenvalue weighted by Crippen LogP contribution is 2.23. The largest absolute Gasteiger partial charge is 0.480 e. The number of nitrogens with one attached hydrogen (secondary N) is 3. The zero-order valence-electron chi connectivity index (χ0n) is 14.1. The summed E-state index contributed by atoms with van der Waals surface area (Å²) < 4.78 is 33.3. The number of hydrogen-bond donors (Lipinski definition) is 5. The zero-order valence-corrected chi connectivity index (χ0v) is 15.0. The molecule has 26 heavy (non-hydrogen) atoms. The van der Waals surface area contributed by atoms with Crippen LogP contribution in [0.5, 0.6) is 0 Å². The van der Waals surface area contributed by atoms with Crippen molar-refractivity contribution in [3.05, 3.63) is 11.7 Å². The number of primary amides is 1. The molecule has 1 amide bonds. The molecule has 1 aromatic rings. The van der Waals surface area contributed by atoms with Gasteiger partial charge in [-0.25, -0.2) is 0 Å². The Bertz CT molecular complexity index is 744. The van der Waals surface area contributed by atoms with E-state index in [-0.39, 0.29) is 11.9 Å². The van der Waals surface area contributed by atoms with E-state index in [0.717, 1.165) is 32.7 Å². The van der Waals surface area contributed by atoms with E-state index in [9.17, 15) is 18.0 Å². The van der Waals surface area contributed by atoms with Gasteiger partial charge in [-0.2, -0.15) is 22.8 Å². The van der Waals surface area contributed by atoms with E-state index in [1.165, 1.54) is 0 Å². The topological polar surface area (TPSA) is 190 Å². The van der Waals surface area contributed by atoms with Gasteiger partial charge in [0, 0.05) is 0 Å². The number of carbonyl (C=O) groups is 2. The molecule has 1 saturated heterocycles. The van der Waals surface area contributed by atoms with Crippen molar-refractivity contribution in [1.29, 1.82) is 0 Å². The zero-order chi connectivity index (χ0) is 19.3. The van der Waals surface area contributed by atoms with Gasteiger partial charge in [-0.3, -0.25) is 9.59 Å². The van der Waals surface area contributed by atoms with Crippen LogP contribution in [0, 0.1) is 0 Å². The molecule has 0 bridgehead atoms. The average molecular weight is 390 g/mol. The molecule has 3 atom stereocenters. The molecule has 2 heterocycles. The Morgan fingerprint density at radius 1 is 1.42 bits per heavy atom. The second-order valence-corrected chi connectivity index (χ2v) is 7.49. The van der Waals surface area contributed by atoms with E-state index in [1.807, 2.05) is 4.72 Å². The van der Waals surface area contributed by atoms with Crippen LogP contribution >= 0.6 is 0 Å². The number of nitrogens with zero attached hydrogens (tertiary/aromatic N) is 2. The summed E-state index contributed by atoms with van der Waals surface area (Å²) in [4.78, 5) is 26.3. The Kier molecular flexibility index (Phi) is 6.63. The summed E-state index contributed by atoms with van der Waals surface area (Å²) in [6.07, 6.45) is 2.42. The average Bonchev–Trinajstić information content (AvgIpc) is 3.04. The van der Waals surface area contributed by atoms with Gasteiger partial charge in [0.1, 0.15) is 12.1 Å². The van der Waals surface area contributed by atoms with Crippen LogP contribution in [0.25, 0.3) is 0 Å². The standard InChI is InChI=1S/C13H22N6O6S/c1-7(13(21)22)18-26(23,24)19-9(6-10(14)20)12-16-11(17-25-12)8-4-2-3-5-15-8/h7-9,15,18-19H,2-6H2,1H3,(H2,14,20)(H,21,22)/t7-,8+,9-/m0/s1. The van der Waals surface area contributed by atoms with E-state index >= 15 is 0 Å². The molecular formula is C13H22N6O6S. The molecule has 0 aromatic carbocycles. The monoisotopic (exact) mass is 390 g/mol. The number of aromatic nitrogens is 2. The number of hydrogen-bond acceptors (Lipinski definition) is 8. The van der Waals surface area contributed by atoms with Crippen molar-refractivity contribution < 1.29 is 27.6 Å². The van der Waals surface area contributed by atoms with Gasteiger partial charge in [-0.05, 0) is 26.3 Å². The first kappa shape index (κ1) is 20.2. The number of carboxylic acid groups (broad SMARTS) is 1. The fourth-order valence-corrected chi connectivity index (χ4v) is 3.68. The number of piperidine rings is 1. The summed E-state index contributed by atoms with van der Waals surface area (Å²) in [7, 11) is -4.27. The lowest BCUT2D eigenvalue weighted by Gasteiger charge is -2.20. The van der Waals surface area contributed by atoms with Gasteiger partial charge in [0.25, 0.3) is 10.2 Å². The first-order valence-electron chi connectivity index (χ1n) is 8.05. The van der Waals surface area contributed by atoms with Crippen molar-refractivity contribution in [1.82, 2.24) is 24.9 Å². The van der Waals surface area contributed by atoms with Crippen molar-refractivity contribution >= 4 is 22.1 Å². The highest BCUT2D eigenvalue weighted by molar-refractivity contribution is 7.87. The van der Waals surface area contributed by atoms with E-state index in [2.05, 4.69) is 20.2 Å². The summed E-state index contributed by atoms with van der Waals surface area (Å²) in [6.45, 7) is 1.97. The molecule has 1 aliphatic heterocycles. The van der Waals surface area contributed by atoms with Crippen LogP contribution in [0.3, 0.4) is 0 Å². The van der Waals surface area contributed by atoms with Gasteiger partial charge < -0.3 is 20.7 Å². The normalized spacial score (nSPS) is 20.4. The molecule has 13 heteroatoms. The fraction of sp³-hybridized carbons (Fsp3) is 0.692. The van der Waals surface area contributed by atoms with Crippen molar-refractivity contribution in [3.8, 4) is 0 Å². The maximum Gasteiger partial charge on any atom is 0.321 e. The van der Waals surface area contributed by atoms with Gasteiger partial charge in [0.2, 0.25) is 11.8 Å². The van der Waals surface area contributed by atoms with Crippen LogP contribution < -0.4 is 20.5 Å². The molecule has 0 saturated carbocycles. The van der Waals surface area contributed by atoms with Crippen LogP contribution in [0.15, 0.2) is 4.52 Å². The molecule has 12 nitrogen and oxygen atoms in total. The number of carbonyl (C=O) groups excluding carboxylic acids is 1. The Balaban J connectivity index is 2.15. The Morgan fingerprint density at radius 2 is 2.15 bits per heavy atom. The predicted molar refractivity (Wildman–Crippen MR) is 87.7 cm³/mol. The lowest BCUT2D eigenvalue weighted by atomic mass is 10.0. The second kappa shape index (κ2) is 8.53. The molecular weight excluding hydrogens is 368 g/mol. The molecule has 1 fully saturated rings. The molecule has 6 N–H and O–H groups in total. The maximum absolute atomic E-state index is 12.1. The van der Waals surface area contributed by atoms with E-state index in [1.54, 1.807) is 0 Å². The first-order valence-corrected chi connectivity index (χ1v) is 9.54. The Morgan fingerprint density at radius 3 is 2.73 bits per heavy atom. The Hall–Kier alpha value is -2.09.